The molecule has 1 aromatic rings. The molecule has 1 aromatic carbocycles. The number of rotatable bonds is 3. The number of anilines is 1. The summed E-state index contributed by atoms with van der Waals surface area (Å²) in [5.41, 5.74) is 7.88. The highest BCUT2D eigenvalue weighted by atomic mass is 16.3. The third-order valence-corrected chi connectivity index (χ3v) is 3.30. The van der Waals surface area contributed by atoms with Crippen molar-refractivity contribution in [3.63, 3.8) is 0 Å². The Morgan fingerprint density at radius 2 is 2.26 bits per heavy atom. The zero-order chi connectivity index (χ0) is 14.0. The lowest BCUT2D eigenvalue weighted by Gasteiger charge is -2.15. The minimum absolute atomic E-state index is 0.0313. The first-order chi connectivity index (χ1) is 8.99. The van der Waals surface area contributed by atoms with Crippen LogP contribution < -0.4 is 16.0 Å². The van der Waals surface area contributed by atoms with Crippen LogP contribution in [0.15, 0.2) is 18.2 Å². The lowest BCUT2D eigenvalue weighted by Crippen LogP contribution is -2.38. The number of aliphatic hydroxyl groups is 1. The molecule has 1 atom stereocenters. The van der Waals surface area contributed by atoms with Gasteiger partial charge in [0.05, 0.1) is 6.10 Å². The van der Waals surface area contributed by atoms with E-state index in [1.165, 1.54) is 5.56 Å². The van der Waals surface area contributed by atoms with Crippen LogP contribution in [0.25, 0.3) is 0 Å². The van der Waals surface area contributed by atoms with E-state index >= 15 is 0 Å². The van der Waals surface area contributed by atoms with Crippen molar-refractivity contribution in [1.29, 1.82) is 0 Å². The maximum atomic E-state index is 11.0. The Hall–Kier alpha value is -2.08. The molecular formula is C13H17N3O3. The summed E-state index contributed by atoms with van der Waals surface area (Å²) in [4.78, 5) is 23.7. The fourth-order valence-electron chi connectivity index (χ4n) is 2.19. The molecule has 6 nitrogen and oxygen atoms in total. The van der Waals surface area contributed by atoms with Crippen molar-refractivity contribution in [2.24, 2.45) is 5.73 Å². The summed E-state index contributed by atoms with van der Waals surface area (Å²) in [6.07, 6.45) is 0.0968. The molecule has 1 aliphatic heterocycles. The number of hydrogen-bond acceptors (Lipinski definition) is 4. The number of amides is 2. The molecule has 0 aromatic heterocycles. The van der Waals surface area contributed by atoms with Crippen molar-refractivity contribution in [3.05, 3.63) is 29.3 Å². The molecule has 0 saturated heterocycles. The van der Waals surface area contributed by atoms with E-state index in [1.807, 2.05) is 25.2 Å². The molecule has 1 unspecified atom stereocenters. The molecule has 102 valence electrons. The van der Waals surface area contributed by atoms with Crippen LogP contribution >= 0.6 is 0 Å². The lowest BCUT2D eigenvalue weighted by atomic mass is 10.0. The molecule has 4 N–H and O–H groups in total. The molecule has 6 heteroatoms. The first-order valence-electron chi connectivity index (χ1n) is 6.08. The van der Waals surface area contributed by atoms with Crippen LogP contribution in [0.2, 0.25) is 0 Å². The Morgan fingerprint density at radius 3 is 2.95 bits per heavy atom. The third kappa shape index (κ3) is 2.85. The van der Waals surface area contributed by atoms with Crippen LogP contribution in [0, 0.1) is 0 Å². The number of fused-ring (bicyclic) bond motifs is 1. The Morgan fingerprint density at radius 1 is 1.53 bits per heavy atom. The number of carbonyl (C=O) groups excluding carboxylic acids is 2. The quantitative estimate of drug-likeness (QED) is 0.629. The van der Waals surface area contributed by atoms with Gasteiger partial charge in [0.25, 0.3) is 0 Å². The minimum atomic E-state index is -1.05. The Bertz CT molecular complexity index is 516. The van der Waals surface area contributed by atoms with Crippen LogP contribution in [-0.2, 0) is 16.0 Å². The highest BCUT2D eigenvalue weighted by Gasteiger charge is 2.18. The smallest absolute Gasteiger partial charge is 0.309 e. The van der Waals surface area contributed by atoms with Gasteiger partial charge >= 0.3 is 11.8 Å². The van der Waals surface area contributed by atoms with Gasteiger partial charge in [-0.05, 0) is 23.6 Å². The predicted octanol–water partition coefficient (Wildman–Crippen LogP) is -0.686. The lowest BCUT2D eigenvalue weighted by molar-refractivity contribution is -0.137. The van der Waals surface area contributed by atoms with Crippen molar-refractivity contribution in [2.45, 2.75) is 12.5 Å². The molecule has 2 amide bonds. The van der Waals surface area contributed by atoms with Gasteiger partial charge in [0.1, 0.15) is 0 Å². The number of benzene rings is 1. The van der Waals surface area contributed by atoms with E-state index in [-0.39, 0.29) is 6.54 Å². The number of aliphatic hydroxyl groups excluding tert-OH is 1. The second-order valence-electron chi connectivity index (χ2n) is 4.65. The molecule has 0 fully saturated rings. The maximum Gasteiger partial charge on any atom is 0.309 e. The Kier molecular flexibility index (Phi) is 3.71. The average molecular weight is 263 g/mol. The van der Waals surface area contributed by atoms with Gasteiger partial charge in [0.2, 0.25) is 0 Å². The van der Waals surface area contributed by atoms with Gasteiger partial charge in [-0.25, -0.2) is 0 Å². The molecule has 0 spiro atoms. The van der Waals surface area contributed by atoms with Gasteiger partial charge in [0.15, 0.2) is 0 Å². The number of carbonyl (C=O) groups is 2. The van der Waals surface area contributed by atoms with Crippen molar-refractivity contribution < 1.29 is 14.7 Å². The van der Waals surface area contributed by atoms with Crippen molar-refractivity contribution >= 4 is 17.5 Å². The van der Waals surface area contributed by atoms with Crippen LogP contribution in [-0.4, -0.2) is 37.1 Å². The van der Waals surface area contributed by atoms with E-state index in [4.69, 9.17) is 5.73 Å². The van der Waals surface area contributed by atoms with Gasteiger partial charge < -0.3 is 21.1 Å². The molecule has 1 aliphatic rings. The average Bonchev–Trinajstić information content (AvgIpc) is 2.76. The van der Waals surface area contributed by atoms with Gasteiger partial charge in [-0.3, -0.25) is 9.59 Å². The maximum absolute atomic E-state index is 11.0. The van der Waals surface area contributed by atoms with Gasteiger partial charge in [-0.15, -0.1) is 0 Å². The van der Waals surface area contributed by atoms with Crippen molar-refractivity contribution in [3.8, 4) is 0 Å². The third-order valence-electron chi connectivity index (χ3n) is 3.30. The number of nitrogens with two attached hydrogens (primary N) is 1. The largest absolute Gasteiger partial charge is 0.387 e. The summed E-state index contributed by atoms with van der Waals surface area (Å²) in [5, 5.41) is 12.3. The first-order valence-corrected chi connectivity index (χ1v) is 6.08. The number of likely N-dealkylation sites (N-methyl/N-ethyl adjacent to an activating group) is 1. The molecular weight excluding hydrogens is 246 g/mol. The summed E-state index contributed by atoms with van der Waals surface area (Å²) >= 11 is 0. The van der Waals surface area contributed by atoms with Crippen LogP contribution in [0.1, 0.15) is 17.2 Å². The zero-order valence-corrected chi connectivity index (χ0v) is 10.7. The zero-order valence-electron chi connectivity index (χ0n) is 10.7. The molecule has 0 saturated carbocycles. The fraction of sp³-hybridized carbons (Fsp3) is 0.385. The second-order valence-corrected chi connectivity index (χ2v) is 4.65. The second kappa shape index (κ2) is 5.27. The summed E-state index contributed by atoms with van der Waals surface area (Å²) in [6.45, 7) is 0.934. The highest BCUT2D eigenvalue weighted by Crippen LogP contribution is 2.29. The summed E-state index contributed by atoms with van der Waals surface area (Å²) in [6, 6.07) is 5.71. The SMILES string of the molecule is CN1CCc2cc(C(O)CNC(=O)C(N)=O)ccc21. The molecule has 2 rings (SSSR count). The van der Waals surface area contributed by atoms with Crippen LogP contribution in [0.5, 0.6) is 0 Å². The molecule has 19 heavy (non-hydrogen) atoms. The predicted molar refractivity (Wildman–Crippen MR) is 70.6 cm³/mol. The van der Waals surface area contributed by atoms with Crippen LogP contribution in [0.4, 0.5) is 5.69 Å². The fourth-order valence-corrected chi connectivity index (χ4v) is 2.19. The molecule has 0 aliphatic carbocycles. The van der Waals surface area contributed by atoms with E-state index < -0.39 is 17.9 Å². The van der Waals surface area contributed by atoms with Crippen LogP contribution in [0.3, 0.4) is 0 Å². The first kappa shape index (κ1) is 13.4. The monoisotopic (exact) mass is 263 g/mol. The number of nitrogens with zero attached hydrogens (tertiary/aromatic N) is 1. The number of hydrogen-bond donors (Lipinski definition) is 3. The topological polar surface area (TPSA) is 95.7 Å². The molecule has 0 radical (unpaired) electrons. The summed E-state index contributed by atoms with van der Waals surface area (Å²) < 4.78 is 0. The standard InChI is InChI=1S/C13H17N3O3/c1-16-5-4-8-6-9(2-3-10(8)16)11(17)7-15-13(19)12(14)18/h2-3,6,11,17H,4-5,7H2,1H3,(H2,14,18)(H,15,19). The van der Waals surface area contributed by atoms with E-state index in [0.29, 0.717) is 0 Å². The van der Waals surface area contributed by atoms with Gasteiger partial charge in [-0.2, -0.15) is 0 Å². The van der Waals surface area contributed by atoms with E-state index in [1.54, 1.807) is 0 Å². The number of primary amides is 1. The van der Waals surface area contributed by atoms with E-state index in [2.05, 4.69) is 10.2 Å². The van der Waals surface area contributed by atoms with E-state index in [0.717, 1.165) is 24.2 Å². The summed E-state index contributed by atoms with van der Waals surface area (Å²) in [7, 11) is 2.02. The van der Waals surface area contributed by atoms with Crippen molar-refractivity contribution in [1.82, 2.24) is 5.32 Å². The Labute approximate surface area is 111 Å². The molecule has 0 bridgehead atoms. The van der Waals surface area contributed by atoms with Gasteiger partial charge in [0, 0.05) is 25.8 Å². The Balaban J connectivity index is 2.02. The summed E-state index contributed by atoms with van der Waals surface area (Å²) in [5.74, 6) is -1.94. The van der Waals surface area contributed by atoms with E-state index in [9.17, 15) is 14.7 Å². The van der Waals surface area contributed by atoms with Gasteiger partial charge in [-0.1, -0.05) is 12.1 Å². The normalized spacial score (nSPS) is 14.9. The van der Waals surface area contributed by atoms with Crippen molar-refractivity contribution in [2.75, 3.05) is 25.0 Å². The molecule has 1 heterocycles. The highest BCUT2D eigenvalue weighted by molar-refractivity contribution is 6.34. The minimum Gasteiger partial charge on any atom is -0.387 e. The number of nitrogens with one attached hydrogen (secondary N) is 1.